The molecule has 5 nitrogen and oxygen atoms in total. The number of methoxy groups -OCH3 is 1. The Kier molecular flexibility index (Phi) is 4.78. The first-order valence-corrected chi connectivity index (χ1v) is 7.64. The maximum absolute atomic E-state index is 12.3. The Labute approximate surface area is 135 Å². The normalized spacial score (nSPS) is 14.4. The molecule has 1 aliphatic heterocycles. The first kappa shape index (κ1) is 15.4. The molecule has 1 heterocycles. The molecular weight excluding hydrogens is 292 g/mol. The van der Waals surface area contributed by atoms with Crippen LogP contribution in [0.4, 0.5) is 11.4 Å². The highest BCUT2D eigenvalue weighted by molar-refractivity contribution is 6.04. The zero-order chi connectivity index (χ0) is 16.1. The monoisotopic (exact) mass is 312 g/mol. The van der Waals surface area contributed by atoms with Crippen LogP contribution in [0.5, 0.6) is 5.75 Å². The molecule has 2 aromatic carbocycles. The first-order chi connectivity index (χ1) is 11.3. The lowest BCUT2D eigenvalue weighted by atomic mass is 10.2. The highest BCUT2D eigenvalue weighted by Gasteiger charge is 2.12. The second-order valence-corrected chi connectivity index (χ2v) is 5.33. The number of nitrogens with one attached hydrogen (secondary N) is 1. The van der Waals surface area contributed by atoms with Gasteiger partial charge in [0.05, 0.1) is 20.3 Å². The number of rotatable bonds is 4. The molecule has 0 aliphatic carbocycles. The van der Waals surface area contributed by atoms with Gasteiger partial charge in [0.1, 0.15) is 5.75 Å². The van der Waals surface area contributed by atoms with Crippen molar-refractivity contribution in [2.24, 2.45) is 0 Å². The lowest BCUT2D eigenvalue weighted by Crippen LogP contribution is -2.36. The Hall–Kier alpha value is -2.53. The van der Waals surface area contributed by atoms with Crippen molar-refractivity contribution < 1.29 is 14.3 Å². The average Bonchev–Trinajstić information content (AvgIpc) is 2.63. The zero-order valence-electron chi connectivity index (χ0n) is 13.1. The lowest BCUT2D eigenvalue weighted by Gasteiger charge is -2.29. The third-order valence-electron chi connectivity index (χ3n) is 3.83. The van der Waals surface area contributed by atoms with Gasteiger partial charge in [-0.05, 0) is 42.5 Å². The zero-order valence-corrected chi connectivity index (χ0v) is 13.1. The van der Waals surface area contributed by atoms with Gasteiger partial charge in [0.15, 0.2) is 0 Å². The number of morpholine rings is 1. The summed E-state index contributed by atoms with van der Waals surface area (Å²) < 4.78 is 10.5. The smallest absolute Gasteiger partial charge is 0.255 e. The maximum Gasteiger partial charge on any atom is 0.255 e. The first-order valence-electron chi connectivity index (χ1n) is 7.64. The molecule has 0 aromatic heterocycles. The predicted molar refractivity (Wildman–Crippen MR) is 90.4 cm³/mol. The van der Waals surface area contributed by atoms with Gasteiger partial charge in [0, 0.05) is 30.0 Å². The predicted octanol–water partition coefficient (Wildman–Crippen LogP) is 2.78. The maximum atomic E-state index is 12.3. The summed E-state index contributed by atoms with van der Waals surface area (Å²) in [5.74, 6) is 0.600. The summed E-state index contributed by atoms with van der Waals surface area (Å²) in [6.07, 6.45) is 0. The van der Waals surface area contributed by atoms with E-state index in [4.69, 9.17) is 9.47 Å². The summed E-state index contributed by atoms with van der Waals surface area (Å²) >= 11 is 0. The van der Waals surface area contributed by atoms with E-state index < -0.39 is 0 Å². The Morgan fingerprint density at radius 1 is 1.13 bits per heavy atom. The largest absolute Gasteiger partial charge is 0.497 e. The van der Waals surface area contributed by atoms with Crippen LogP contribution in [0.25, 0.3) is 0 Å². The Bertz CT molecular complexity index is 664. The van der Waals surface area contributed by atoms with Gasteiger partial charge in [0.2, 0.25) is 0 Å². The molecule has 1 fully saturated rings. The molecule has 120 valence electrons. The molecule has 5 heteroatoms. The average molecular weight is 312 g/mol. The molecule has 0 radical (unpaired) electrons. The standard InChI is InChI=1S/C18H20N2O3/c1-22-17-7-5-14(6-8-17)18(21)19-15-3-2-4-16(13-15)20-9-11-23-12-10-20/h2-8,13H,9-12H2,1H3,(H,19,21). The molecule has 1 N–H and O–H groups in total. The van der Waals surface area contributed by atoms with Crippen molar-refractivity contribution in [1.82, 2.24) is 0 Å². The fourth-order valence-electron chi connectivity index (χ4n) is 2.55. The summed E-state index contributed by atoms with van der Waals surface area (Å²) in [6.45, 7) is 3.22. The van der Waals surface area contributed by atoms with E-state index in [2.05, 4.69) is 10.2 Å². The number of benzene rings is 2. The van der Waals surface area contributed by atoms with Crippen LogP contribution in [0, 0.1) is 0 Å². The molecule has 0 unspecified atom stereocenters. The second-order valence-electron chi connectivity index (χ2n) is 5.33. The Balaban J connectivity index is 1.70. The number of hydrogen-bond donors (Lipinski definition) is 1. The molecule has 1 amide bonds. The highest BCUT2D eigenvalue weighted by atomic mass is 16.5. The quantitative estimate of drug-likeness (QED) is 0.943. The van der Waals surface area contributed by atoms with Crippen LogP contribution in [-0.2, 0) is 4.74 Å². The number of carbonyl (C=O) groups is 1. The lowest BCUT2D eigenvalue weighted by molar-refractivity contribution is 0.102. The number of ether oxygens (including phenoxy) is 2. The van der Waals surface area contributed by atoms with Crippen LogP contribution >= 0.6 is 0 Å². The van der Waals surface area contributed by atoms with E-state index in [0.29, 0.717) is 5.56 Å². The van der Waals surface area contributed by atoms with E-state index in [1.54, 1.807) is 31.4 Å². The van der Waals surface area contributed by atoms with Crippen LogP contribution < -0.4 is 15.0 Å². The van der Waals surface area contributed by atoms with Crippen molar-refractivity contribution in [3.63, 3.8) is 0 Å². The van der Waals surface area contributed by atoms with Crippen molar-refractivity contribution in [1.29, 1.82) is 0 Å². The molecule has 0 spiro atoms. The minimum Gasteiger partial charge on any atom is -0.497 e. The highest BCUT2D eigenvalue weighted by Crippen LogP contribution is 2.21. The van der Waals surface area contributed by atoms with Gasteiger partial charge < -0.3 is 19.7 Å². The van der Waals surface area contributed by atoms with Crippen LogP contribution in [-0.4, -0.2) is 39.3 Å². The minimum atomic E-state index is -0.133. The molecular formula is C18H20N2O3. The van der Waals surface area contributed by atoms with Gasteiger partial charge in [-0.3, -0.25) is 4.79 Å². The van der Waals surface area contributed by atoms with Crippen LogP contribution in [0.3, 0.4) is 0 Å². The van der Waals surface area contributed by atoms with Crippen LogP contribution in [0.1, 0.15) is 10.4 Å². The van der Waals surface area contributed by atoms with E-state index in [9.17, 15) is 4.79 Å². The van der Waals surface area contributed by atoms with Gasteiger partial charge >= 0.3 is 0 Å². The summed E-state index contributed by atoms with van der Waals surface area (Å²) in [5.41, 5.74) is 2.48. The molecule has 0 bridgehead atoms. The van der Waals surface area contributed by atoms with Gasteiger partial charge in [-0.2, -0.15) is 0 Å². The second kappa shape index (κ2) is 7.15. The molecule has 1 saturated heterocycles. The van der Waals surface area contributed by atoms with Gasteiger partial charge in [-0.15, -0.1) is 0 Å². The van der Waals surface area contributed by atoms with Crippen LogP contribution in [0.15, 0.2) is 48.5 Å². The number of hydrogen-bond acceptors (Lipinski definition) is 4. The SMILES string of the molecule is COc1ccc(C(=O)Nc2cccc(N3CCOCC3)c2)cc1. The molecule has 23 heavy (non-hydrogen) atoms. The molecule has 1 aliphatic rings. The van der Waals surface area contributed by atoms with Crippen LogP contribution in [0.2, 0.25) is 0 Å². The Morgan fingerprint density at radius 3 is 2.57 bits per heavy atom. The fourth-order valence-corrected chi connectivity index (χ4v) is 2.55. The van der Waals surface area contributed by atoms with Crippen molar-refractivity contribution in [2.75, 3.05) is 43.6 Å². The fraction of sp³-hybridized carbons (Fsp3) is 0.278. The summed E-state index contributed by atoms with van der Waals surface area (Å²) in [6, 6.07) is 14.9. The summed E-state index contributed by atoms with van der Waals surface area (Å²) in [7, 11) is 1.60. The van der Waals surface area contributed by atoms with E-state index >= 15 is 0 Å². The summed E-state index contributed by atoms with van der Waals surface area (Å²) in [5, 5.41) is 2.94. The van der Waals surface area contributed by atoms with E-state index in [1.807, 2.05) is 24.3 Å². The molecule has 0 saturated carbocycles. The number of nitrogens with zero attached hydrogens (tertiary/aromatic N) is 1. The molecule has 2 aromatic rings. The van der Waals surface area contributed by atoms with E-state index in [1.165, 1.54) is 0 Å². The number of amides is 1. The van der Waals surface area contributed by atoms with Gasteiger partial charge in [-0.25, -0.2) is 0 Å². The van der Waals surface area contributed by atoms with E-state index in [0.717, 1.165) is 43.4 Å². The topological polar surface area (TPSA) is 50.8 Å². The van der Waals surface area contributed by atoms with Gasteiger partial charge in [-0.1, -0.05) is 6.07 Å². The van der Waals surface area contributed by atoms with Crippen molar-refractivity contribution >= 4 is 17.3 Å². The van der Waals surface area contributed by atoms with Crippen molar-refractivity contribution in [3.05, 3.63) is 54.1 Å². The van der Waals surface area contributed by atoms with Gasteiger partial charge in [0.25, 0.3) is 5.91 Å². The van der Waals surface area contributed by atoms with Crippen molar-refractivity contribution in [3.8, 4) is 5.75 Å². The molecule has 3 rings (SSSR count). The Morgan fingerprint density at radius 2 is 1.87 bits per heavy atom. The third-order valence-corrected chi connectivity index (χ3v) is 3.83. The molecule has 0 atom stereocenters. The third kappa shape index (κ3) is 3.81. The number of carbonyl (C=O) groups excluding carboxylic acids is 1. The summed E-state index contributed by atoms with van der Waals surface area (Å²) in [4.78, 5) is 14.6. The van der Waals surface area contributed by atoms with E-state index in [-0.39, 0.29) is 5.91 Å². The van der Waals surface area contributed by atoms with Crippen molar-refractivity contribution in [2.45, 2.75) is 0 Å². The number of anilines is 2. The minimum absolute atomic E-state index is 0.133.